The molecule has 0 bridgehead atoms. The summed E-state index contributed by atoms with van der Waals surface area (Å²) in [4.78, 5) is 25.5. The van der Waals surface area contributed by atoms with Gasteiger partial charge in [0.1, 0.15) is 5.75 Å². The highest BCUT2D eigenvalue weighted by atomic mass is 19.4. The zero-order chi connectivity index (χ0) is 19.5. The molecule has 2 amide bonds. The number of hydrogen-bond donors (Lipinski definition) is 1. The molecule has 2 rings (SSSR count). The number of nitrogens with one attached hydrogen (secondary N) is 1. The second-order valence-corrected chi connectivity index (χ2v) is 6.02. The molecular weight excluding hydrogens is 353 g/mol. The lowest BCUT2D eigenvalue weighted by atomic mass is 10.0. The van der Waals surface area contributed by atoms with Gasteiger partial charge in [0, 0.05) is 26.6 Å². The Kier molecular flexibility index (Phi) is 5.80. The second-order valence-electron chi connectivity index (χ2n) is 6.02. The van der Waals surface area contributed by atoms with Crippen molar-refractivity contribution < 1.29 is 32.2 Å². The van der Waals surface area contributed by atoms with Gasteiger partial charge in [0.05, 0.1) is 17.9 Å². The van der Waals surface area contributed by atoms with Crippen LogP contribution in [0.4, 0.5) is 18.9 Å². The Bertz CT molecular complexity index is 693. The number of nitrogens with zero attached hydrogens (tertiary/aromatic N) is 1. The Morgan fingerprint density at radius 2 is 2.15 bits per heavy atom. The van der Waals surface area contributed by atoms with Crippen LogP contribution in [0.1, 0.15) is 25.8 Å². The van der Waals surface area contributed by atoms with Crippen molar-refractivity contribution in [3.05, 3.63) is 23.8 Å². The molecule has 1 unspecified atom stereocenters. The molecule has 0 saturated carbocycles. The number of carbonyl (C=O) groups is 2. The monoisotopic (exact) mass is 373 g/mol. The lowest BCUT2D eigenvalue weighted by Gasteiger charge is -2.40. The van der Waals surface area contributed by atoms with Crippen molar-refractivity contribution >= 4 is 17.5 Å². The molecule has 6 nitrogen and oxygen atoms in total. The number of ether oxygens (including phenoxy) is 2. The van der Waals surface area contributed by atoms with Crippen LogP contribution in [-0.4, -0.2) is 44.2 Å². The van der Waals surface area contributed by atoms with E-state index in [-0.39, 0.29) is 43.5 Å². The minimum Gasteiger partial charge on any atom is -0.473 e. The molecule has 0 aromatic heterocycles. The Hall–Kier alpha value is -2.29. The number of rotatable bonds is 6. The van der Waals surface area contributed by atoms with Gasteiger partial charge in [-0.25, -0.2) is 0 Å². The van der Waals surface area contributed by atoms with Crippen molar-refractivity contribution in [1.82, 2.24) is 5.32 Å². The summed E-state index contributed by atoms with van der Waals surface area (Å²) in [5, 5.41) is 2.63. The lowest BCUT2D eigenvalue weighted by Crippen LogP contribution is -2.58. The molecule has 9 heteroatoms. The molecule has 1 radical (unpaired) electrons. The summed E-state index contributed by atoms with van der Waals surface area (Å²) in [6.07, 6.45) is -4.30. The Labute approximate surface area is 149 Å². The van der Waals surface area contributed by atoms with Crippen molar-refractivity contribution in [3.63, 3.8) is 0 Å². The van der Waals surface area contributed by atoms with Gasteiger partial charge >= 0.3 is 6.18 Å². The maximum absolute atomic E-state index is 13.0. The average Bonchev–Trinajstić information content (AvgIpc) is 2.57. The van der Waals surface area contributed by atoms with Gasteiger partial charge in [-0.1, -0.05) is 6.92 Å². The zero-order valence-corrected chi connectivity index (χ0v) is 14.7. The Morgan fingerprint density at radius 1 is 1.46 bits per heavy atom. The summed E-state index contributed by atoms with van der Waals surface area (Å²) >= 11 is 0. The maximum atomic E-state index is 13.0. The quantitative estimate of drug-likeness (QED) is 0.830. The topological polar surface area (TPSA) is 67.9 Å². The first-order valence-corrected chi connectivity index (χ1v) is 8.02. The van der Waals surface area contributed by atoms with E-state index in [9.17, 15) is 22.8 Å². The Morgan fingerprint density at radius 3 is 2.73 bits per heavy atom. The van der Waals surface area contributed by atoms with Gasteiger partial charge in [-0.15, -0.1) is 0 Å². The average molecular weight is 373 g/mol. The van der Waals surface area contributed by atoms with Gasteiger partial charge < -0.3 is 19.7 Å². The highest BCUT2D eigenvalue weighted by Gasteiger charge is 2.45. The van der Waals surface area contributed by atoms with Crippen LogP contribution in [0.25, 0.3) is 0 Å². The van der Waals surface area contributed by atoms with Crippen LogP contribution in [0, 0.1) is 6.07 Å². The van der Waals surface area contributed by atoms with Crippen LogP contribution in [0.3, 0.4) is 0 Å². The van der Waals surface area contributed by atoms with Crippen molar-refractivity contribution in [2.75, 3.05) is 31.7 Å². The van der Waals surface area contributed by atoms with Crippen LogP contribution in [0.15, 0.2) is 12.1 Å². The number of halogens is 3. The van der Waals surface area contributed by atoms with E-state index in [1.165, 1.54) is 18.9 Å². The van der Waals surface area contributed by atoms with E-state index in [4.69, 9.17) is 9.47 Å². The van der Waals surface area contributed by atoms with Gasteiger partial charge in [-0.2, -0.15) is 13.2 Å². The first kappa shape index (κ1) is 20.0. The summed E-state index contributed by atoms with van der Waals surface area (Å²) < 4.78 is 49.5. The highest BCUT2D eigenvalue weighted by Crippen LogP contribution is 2.41. The maximum Gasteiger partial charge on any atom is 0.417 e. The number of anilines is 1. The second kappa shape index (κ2) is 7.53. The number of hydrogen-bond acceptors (Lipinski definition) is 4. The van der Waals surface area contributed by atoms with Gasteiger partial charge in [-0.3, -0.25) is 9.59 Å². The highest BCUT2D eigenvalue weighted by molar-refractivity contribution is 6.02. The van der Waals surface area contributed by atoms with Crippen molar-refractivity contribution in [3.8, 4) is 5.75 Å². The molecule has 1 aromatic rings. The fraction of sp³-hybridized carbons (Fsp3) is 0.529. The third-order valence-corrected chi connectivity index (χ3v) is 3.92. The van der Waals surface area contributed by atoms with Gasteiger partial charge in [-0.05, 0) is 25.1 Å². The third kappa shape index (κ3) is 4.09. The van der Waals surface area contributed by atoms with Crippen LogP contribution in [0.2, 0.25) is 0 Å². The molecule has 143 valence electrons. The third-order valence-electron chi connectivity index (χ3n) is 3.92. The molecule has 0 fully saturated rings. The van der Waals surface area contributed by atoms with Crippen LogP contribution < -0.4 is 15.0 Å². The van der Waals surface area contributed by atoms with E-state index in [1.807, 2.05) is 0 Å². The van der Waals surface area contributed by atoms with Crippen molar-refractivity contribution in [1.29, 1.82) is 0 Å². The van der Waals surface area contributed by atoms with E-state index in [0.29, 0.717) is 0 Å². The minimum atomic E-state index is -4.59. The van der Waals surface area contributed by atoms with E-state index >= 15 is 0 Å². The number of amides is 2. The predicted octanol–water partition coefficient (Wildman–Crippen LogP) is 2.16. The van der Waals surface area contributed by atoms with Crippen molar-refractivity contribution in [2.45, 2.75) is 32.0 Å². The fourth-order valence-electron chi connectivity index (χ4n) is 2.62. The van der Waals surface area contributed by atoms with E-state index < -0.39 is 23.2 Å². The standard InChI is InChI=1S/C17H20F3N2O4/c1-4-14(23)21-7-8-22-12-6-5-11(17(18,19)20)9-13(12)26-16(2,10-25-3)15(22)24/h6,9H,4,7-8,10H2,1-3H3,(H,21,23). The summed E-state index contributed by atoms with van der Waals surface area (Å²) in [6, 6.07) is 4.03. The van der Waals surface area contributed by atoms with Crippen molar-refractivity contribution in [2.24, 2.45) is 0 Å². The molecule has 1 aliphatic rings. The molecule has 1 aromatic carbocycles. The summed E-state index contributed by atoms with van der Waals surface area (Å²) in [6.45, 7) is 3.24. The lowest BCUT2D eigenvalue weighted by molar-refractivity contribution is -0.139. The first-order valence-electron chi connectivity index (χ1n) is 8.02. The van der Waals surface area contributed by atoms with Gasteiger partial charge in [0.25, 0.3) is 5.91 Å². The molecule has 1 N–H and O–H groups in total. The number of fused-ring (bicyclic) bond motifs is 1. The normalized spacial score (nSPS) is 19.8. The molecule has 0 aliphatic carbocycles. The van der Waals surface area contributed by atoms with E-state index in [1.54, 1.807) is 6.92 Å². The minimum absolute atomic E-state index is 0.0828. The summed E-state index contributed by atoms with van der Waals surface area (Å²) in [7, 11) is 1.36. The zero-order valence-electron chi connectivity index (χ0n) is 14.7. The van der Waals surface area contributed by atoms with E-state index in [0.717, 1.165) is 12.1 Å². The molecule has 0 saturated heterocycles. The predicted molar refractivity (Wildman–Crippen MR) is 86.8 cm³/mol. The molecular formula is C17H20F3N2O4. The number of alkyl halides is 3. The summed E-state index contributed by atoms with van der Waals surface area (Å²) in [5.74, 6) is -0.743. The molecule has 0 spiro atoms. The van der Waals surface area contributed by atoms with Crippen LogP contribution in [0.5, 0.6) is 5.75 Å². The SMILES string of the molecule is CCC(=O)NCCN1C(=O)C(C)(COC)Oc2cc(C(F)(F)F)[c]cc21. The number of methoxy groups -OCH3 is 1. The molecule has 1 aliphatic heterocycles. The summed E-state index contributed by atoms with van der Waals surface area (Å²) in [5.41, 5.74) is -2.30. The molecule has 1 heterocycles. The van der Waals surface area contributed by atoms with Gasteiger partial charge in [0.2, 0.25) is 11.5 Å². The van der Waals surface area contributed by atoms with Crippen LogP contribution in [-0.2, 0) is 20.5 Å². The van der Waals surface area contributed by atoms with Crippen LogP contribution >= 0.6 is 0 Å². The van der Waals surface area contributed by atoms with Gasteiger partial charge in [0.15, 0.2) is 0 Å². The Balaban J connectivity index is 2.37. The fourth-order valence-corrected chi connectivity index (χ4v) is 2.62. The smallest absolute Gasteiger partial charge is 0.417 e. The van der Waals surface area contributed by atoms with E-state index in [2.05, 4.69) is 11.4 Å². The number of carbonyl (C=O) groups excluding carboxylic acids is 2. The molecule has 1 atom stereocenters. The number of benzene rings is 1. The largest absolute Gasteiger partial charge is 0.473 e. The first-order chi connectivity index (χ1) is 12.1. The molecule has 26 heavy (non-hydrogen) atoms.